The molecule has 2 spiro atoms. The Hall–Kier alpha value is -5.40. The van der Waals surface area contributed by atoms with E-state index < -0.39 is 0 Å². The van der Waals surface area contributed by atoms with E-state index in [4.69, 9.17) is 0 Å². The largest absolute Gasteiger partial charge is 0.338 e. The highest BCUT2D eigenvalue weighted by Gasteiger charge is 2.73. The van der Waals surface area contributed by atoms with E-state index >= 15 is 0 Å². The summed E-state index contributed by atoms with van der Waals surface area (Å²) >= 11 is 0. The average Bonchev–Trinajstić information content (AvgIpc) is 3.66. The van der Waals surface area contributed by atoms with Gasteiger partial charge >= 0.3 is 0 Å². The second-order valence-electron chi connectivity index (χ2n) is 15.4. The lowest BCUT2D eigenvalue weighted by Gasteiger charge is -2.51. The Labute approximate surface area is 287 Å². The molecule has 0 aromatic heterocycles. The third-order valence-corrected chi connectivity index (χ3v) is 13.7. The van der Waals surface area contributed by atoms with Gasteiger partial charge in [-0.15, -0.1) is 0 Å². The number of fused-ring (bicyclic) bond motifs is 4. The normalized spacial score (nSPS) is 30.1. The van der Waals surface area contributed by atoms with Crippen LogP contribution in [0.5, 0.6) is 0 Å². The lowest BCUT2D eigenvalue weighted by Crippen LogP contribution is -2.49. The van der Waals surface area contributed by atoms with E-state index in [2.05, 4.69) is 170 Å². The summed E-state index contributed by atoms with van der Waals surface area (Å²) in [7, 11) is 0. The molecule has 3 unspecified atom stereocenters. The van der Waals surface area contributed by atoms with Gasteiger partial charge in [0.05, 0.1) is 0 Å². The molecule has 232 valence electrons. The monoisotopic (exact) mass is 625 g/mol. The van der Waals surface area contributed by atoms with Crippen LogP contribution in [-0.2, 0) is 5.54 Å². The van der Waals surface area contributed by atoms with Gasteiger partial charge in [0, 0.05) is 34.2 Å². The minimum Gasteiger partial charge on any atom is -0.338 e. The third-order valence-electron chi connectivity index (χ3n) is 13.7. The van der Waals surface area contributed by atoms with Crippen molar-refractivity contribution in [3.63, 3.8) is 0 Å². The summed E-state index contributed by atoms with van der Waals surface area (Å²) in [6.07, 6.45) is 34.7. The second-order valence-corrected chi connectivity index (χ2v) is 15.4. The van der Waals surface area contributed by atoms with Crippen LogP contribution in [0.25, 0.3) is 32.7 Å². The zero-order valence-electron chi connectivity index (χ0n) is 27.6. The first-order valence-electron chi connectivity index (χ1n) is 18.0. The maximum Gasteiger partial charge on any atom is 0.110 e. The molecule has 49 heavy (non-hydrogen) atoms. The van der Waals surface area contributed by atoms with Crippen LogP contribution in [0.4, 0.5) is 0 Å². The fourth-order valence-corrected chi connectivity index (χ4v) is 11.3. The molecule has 4 aromatic rings. The van der Waals surface area contributed by atoms with E-state index in [0.717, 1.165) is 0 Å². The first kappa shape index (κ1) is 26.5. The van der Waals surface area contributed by atoms with Crippen molar-refractivity contribution >= 4 is 21.5 Å². The Morgan fingerprint density at radius 1 is 0.571 bits per heavy atom. The third kappa shape index (κ3) is 2.79. The molecule has 1 nitrogen and oxygen atoms in total. The molecular formula is C48H35N. The van der Waals surface area contributed by atoms with Gasteiger partial charge in [-0.1, -0.05) is 140 Å². The molecule has 0 radical (unpaired) electrons. The molecule has 2 heterocycles. The van der Waals surface area contributed by atoms with Gasteiger partial charge in [0.2, 0.25) is 0 Å². The molecular weight excluding hydrogens is 591 g/mol. The quantitative estimate of drug-likeness (QED) is 0.200. The predicted molar refractivity (Wildman–Crippen MR) is 201 cm³/mol. The van der Waals surface area contributed by atoms with Gasteiger partial charge < -0.3 is 4.90 Å². The van der Waals surface area contributed by atoms with Gasteiger partial charge in [0.1, 0.15) is 5.54 Å². The van der Waals surface area contributed by atoms with Crippen molar-refractivity contribution in [2.75, 3.05) is 0 Å². The second kappa shape index (κ2) is 8.60. The predicted octanol–water partition coefficient (Wildman–Crippen LogP) is 11.5. The van der Waals surface area contributed by atoms with Crippen LogP contribution in [-0.4, -0.2) is 4.90 Å². The van der Waals surface area contributed by atoms with E-state index in [0.29, 0.717) is 0 Å². The first-order valence-corrected chi connectivity index (χ1v) is 18.0. The number of rotatable bonds is 2. The molecule has 0 saturated heterocycles. The highest BCUT2D eigenvalue weighted by Crippen LogP contribution is 2.82. The lowest BCUT2D eigenvalue weighted by molar-refractivity contribution is 0.241. The first-order chi connectivity index (χ1) is 24.1. The smallest absolute Gasteiger partial charge is 0.110 e. The Morgan fingerprint density at radius 3 is 1.84 bits per heavy atom. The highest BCUT2D eigenvalue weighted by molar-refractivity contribution is 6.16. The van der Waals surface area contributed by atoms with Crippen molar-refractivity contribution in [1.29, 1.82) is 0 Å². The maximum absolute atomic E-state index is 2.57. The van der Waals surface area contributed by atoms with Crippen molar-refractivity contribution in [3.05, 3.63) is 203 Å². The average molecular weight is 626 g/mol. The van der Waals surface area contributed by atoms with E-state index in [9.17, 15) is 0 Å². The number of hydrogen-bond donors (Lipinski definition) is 0. The summed E-state index contributed by atoms with van der Waals surface area (Å²) < 4.78 is 0. The molecule has 0 amide bonds. The molecule has 2 bridgehead atoms. The summed E-state index contributed by atoms with van der Waals surface area (Å²) in [5.74, 6) is 0. The molecule has 1 heteroatoms. The molecule has 7 aliphatic carbocycles. The van der Waals surface area contributed by atoms with Gasteiger partial charge in [-0.2, -0.15) is 0 Å². The Bertz CT molecular complexity index is 2520. The number of nitrogens with zero attached hydrogens (tertiary/aromatic N) is 1. The number of allylic oxidation sites excluding steroid dienone is 16. The van der Waals surface area contributed by atoms with Crippen LogP contribution in [0.1, 0.15) is 31.7 Å². The summed E-state index contributed by atoms with van der Waals surface area (Å²) in [4.78, 5) is 2.31. The van der Waals surface area contributed by atoms with Gasteiger partial charge in [0.15, 0.2) is 0 Å². The van der Waals surface area contributed by atoms with Crippen LogP contribution in [0, 0.1) is 16.2 Å². The molecule has 1 saturated carbocycles. The van der Waals surface area contributed by atoms with Crippen LogP contribution in [0.15, 0.2) is 197 Å². The van der Waals surface area contributed by atoms with Crippen LogP contribution in [0.3, 0.4) is 0 Å². The fourth-order valence-electron chi connectivity index (χ4n) is 11.3. The van der Waals surface area contributed by atoms with E-state index in [1.165, 1.54) is 57.5 Å². The topological polar surface area (TPSA) is 3.24 Å². The van der Waals surface area contributed by atoms with Crippen molar-refractivity contribution in [2.45, 2.75) is 31.7 Å². The van der Waals surface area contributed by atoms with Crippen molar-refractivity contribution in [1.82, 2.24) is 4.90 Å². The fraction of sp³-hybridized carbons (Fsp3) is 0.167. The molecule has 0 N–H and O–H groups in total. The number of benzene rings is 4. The molecule has 3 atom stereocenters. The minimum absolute atomic E-state index is 0.0750. The molecule has 2 aliphatic heterocycles. The summed E-state index contributed by atoms with van der Waals surface area (Å²) in [5, 5.41) is 5.32. The summed E-state index contributed by atoms with van der Waals surface area (Å²) in [6.45, 7) is 2.52. The van der Waals surface area contributed by atoms with E-state index in [1.54, 1.807) is 39.0 Å². The maximum atomic E-state index is 2.57. The molecule has 4 aromatic carbocycles. The molecule has 9 aliphatic rings. The van der Waals surface area contributed by atoms with Gasteiger partial charge in [-0.05, 0) is 103 Å². The van der Waals surface area contributed by atoms with Gasteiger partial charge in [-0.3, -0.25) is 0 Å². The SMILES string of the molecule is C1=CC2(c3c4ccccc4c(-c4ccccc4)c4ccccc34)C=CN12.CC12C3=CCCC=C1C=C1C4=CC=C5C=C6C=CC(=C3)C12CC564. The lowest BCUT2D eigenvalue weighted by atomic mass is 9.57. The Balaban J connectivity index is 0.000000114. The highest BCUT2D eigenvalue weighted by atomic mass is 15.2. The van der Waals surface area contributed by atoms with Crippen LogP contribution < -0.4 is 0 Å². The van der Waals surface area contributed by atoms with Crippen molar-refractivity contribution < 1.29 is 0 Å². The minimum atomic E-state index is -0.0750. The van der Waals surface area contributed by atoms with Gasteiger partial charge in [0.25, 0.3) is 0 Å². The zero-order valence-corrected chi connectivity index (χ0v) is 27.6. The van der Waals surface area contributed by atoms with Crippen LogP contribution >= 0.6 is 0 Å². The number of hydrogen-bond acceptors (Lipinski definition) is 1. The van der Waals surface area contributed by atoms with Gasteiger partial charge in [-0.25, -0.2) is 0 Å². The molecule has 13 rings (SSSR count). The summed E-state index contributed by atoms with van der Waals surface area (Å²) in [6, 6.07) is 28.4. The molecule has 1 fully saturated rings. The zero-order chi connectivity index (χ0) is 32.2. The Kier molecular flexibility index (Phi) is 4.66. The van der Waals surface area contributed by atoms with Crippen molar-refractivity contribution in [3.8, 4) is 11.1 Å². The van der Waals surface area contributed by atoms with Crippen LogP contribution in [0.2, 0.25) is 0 Å². The standard InChI is InChI=1S/C25H17N.C23H18/c1-2-8-18(9-3-1)23-19-10-4-6-12-21(19)24(22-13-7-5-11-20(22)23)25-14-16-26(25)17-15-25;1-21-14-4-2-3-5-15(21)12-20-19-9-8-17-11-16-6-7-18(10-14)23(20,21)13-22(16,17)19/h1-17H;4-12H,2-3,13H2,1H3. The summed E-state index contributed by atoms with van der Waals surface area (Å²) in [5.41, 5.74) is 15.5. The van der Waals surface area contributed by atoms with E-state index in [-0.39, 0.29) is 21.8 Å². The Morgan fingerprint density at radius 2 is 1.18 bits per heavy atom. The van der Waals surface area contributed by atoms with E-state index in [1.807, 2.05) is 0 Å². The van der Waals surface area contributed by atoms with Crippen molar-refractivity contribution in [2.24, 2.45) is 16.2 Å².